The van der Waals surface area contributed by atoms with Crippen LogP contribution in [0.4, 0.5) is 13.2 Å². The summed E-state index contributed by atoms with van der Waals surface area (Å²) in [7, 11) is 1.72. The first-order valence-corrected chi connectivity index (χ1v) is 12.0. The Kier molecular flexibility index (Phi) is 7.56. The lowest BCUT2D eigenvalue weighted by atomic mass is 9.63. The summed E-state index contributed by atoms with van der Waals surface area (Å²) >= 11 is 6.12. The van der Waals surface area contributed by atoms with Crippen molar-refractivity contribution in [2.75, 3.05) is 33.4 Å². The van der Waals surface area contributed by atoms with Gasteiger partial charge >= 0.3 is 6.18 Å². The van der Waals surface area contributed by atoms with Crippen molar-refractivity contribution in [2.45, 2.75) is 49.7 Å². The molecule has 33 heavy (non-hydrogen) atoms. The molecule has 3 nitrogen and oxygen atoms in total. The number of halogens is 4. The molecule has 2 aromatic carbocycles. The van der Waals surface area contributed by atoms with Gasteiger partial charge in [0.15, 0.2) is 0 Å². The van der Waals surface area contributed by atoms with Crippen molar-refractivity contribution in [1.29, 1.82) is 0 Å². The van der Waals surface area contributed by atoms with Gasteiger partial charge in [-0.05, 0) is 74.2 Å². The SMILES string of the molecule is COC[C@@H]1[C@H](COc2ccc(C(F)(F)F)cc2)CCCN1CC1(c2ccc(Cl)cc2)CCC1. The highest BCUT2D eigenvalue weighted by Crippen LogP contribution is 2.45. The van der Waals surface area contributed by atoms with Gasteiger partial charge in [-0.3, -0.25) is 4.90 Å². The maximum Gasteiger partial charge on any atom is 0.416 e. The number of alkyl halides is 3. The average molecular weight is 482 g/mol. The minimum Gasteiger partial charge on any atom is -0.493 e. The molecule has 1 heterocycles. The van der Waals surface area contributed by atoms with Gasteiger partial charge in [-0.25, -0.2) is 0 Å². The summed E-state index contributed by atoms with van der Waals surface area (Å²) < 4.78 is 50.0. The summed E-state index contributed by atoms with van der Waals surface area (Å²) in [6, 6.07) is 13.4. The second-order valence-electron chi connectivity index (χ2n) is 9.37. The summed E-state index contributed by atoms with van der Waals surface area (Å²) in [6.45, 7) is 3.06. The quantitative estimate of drug-likeness (QED) is 0.424. The van der Waals surface area contributed by atoms with Crippen LogP contribution in [-0.2, 0) is 16.3 Å². The van der Waals surface area contributed by atoms with Gasteiger partial charge < -0.3 is 9.47 Å². The monoisotopic (exact) mass is 481 g/mol. The molecule has 7 heteroatoms. The highest BCUT2D eigenvalue weighted by Gasteiger charge is 2.43. The van der Waals surface area contributed by atoms with Crippen LogP contribution in [0.15, 0.2) is 48.5 Å². The van der Waals surface area contributed by atoms with E-state index in [0.717, 1.165) is 55.9 Å². The minimum absolute atomic E-state index is 0.146. The second kappa shape index (κ2) is 10.2. The summed E-state index contributed by atoms with van der Waals surface area (Å²) in [5.74, 6) is 0.719. The van der Waals surface area contributed by atoms with Crippen LogP contribution in [0, 0.1) is 5.92 Å². The molecule has 2 aliphatic rings. The lowest BCUT2D eigenvalue weighted by molar-refractivity contribution is -0.137. The topological polar surface area (TPSA) is 21.7 Å². The van der Waals surface area contributed by atoms with Crippen molar-refractivity contribution in [2.24, 2.45) is 5.92 Å². The molecule has 0 amide bonds. The third-order valence-corrected chi connectivity index (χ3v) is 7.54. The Bertz CT molecular complexity index is 897. The lowest BCUT2D eigenvalue weighted by Crippen LogP contribution is -2.55. The zero-order chi connectivity index (χ0) is 23.5. The highest BCUT2D eigenvalue weighted by atomic mass is 35.5. The van der Waals surface area contributed by atoms with Crippen LogP contribution in [0.5, 0.6) is 5.75 Å². The number of hydrogen-bond acceptors (Lipinski definition) is 3. The van der Waals surface area contributed by atoms with Crippen LogP contribution in [0.25, 0.3) is 0 Å². The maximum atomic E-state index is 12.8. The summed E-state index contributed by atoms with van der Waals surface area (Å²) in [5.41, 5.74) is 0.827. The first kappa shape index (κ1) is 24.4. The fourth-order valence-corrected chi connectivity index (χ4v) is 5.42. The number of piperidine rings is 1. The summed E-state index contributed by atoms with van der Waals surface area (Å²) in [4.78, 5) is 2.54. The molecule has 1 saturated heterocycles. The second-order valence-corrected chi connectivity index (χ2v) is 9.81. The fraction of sp³-hybridized carbons (Fsp3) is 0.538. The average Bonchev–Trinajstić information content (AvgIpc) is 2.77. The molecule has 4 rings (SSSR count). The van der Waals surface area contributed by atoms with Crippen LogP contribution in [0.2, 0.25) is 5.02 Å². The van der Waals surface area contributed by atoms with Crippen molar-refractivity contribution in [1.82, 2.24) is 4.90 Å². The van der Waals surface area contributed by atoms with E-state index in [2.05, 4.69) is 17.0 Å². The molecule has 0 radical (unpaired) electrons. The van der Waals surface area contributed by atoms with Crippen molar-refractivity contribution in [3.63, 3.8) is 0 Å². The van der Waals surface area contributed by atoms with Crippen LogP contribution < -0.4 is 4.74 Å². The van der Waals surface area contributed by atoms with E-state index in [9.17, 15) is 13.2 Å². The van der Waals surface area contributed by atoms with Crippen molar-refractivity contribution in [3.05, 3.63) is 64.7 Å². The van der Waals surface area contributed by atoms with Gasteiger partial charge in [0.2, 0.25) is 0 Å². The van der Waals surface area contributed by atoms with Crippen LogP contribution in [0.3, 0.4) is 0 Å². The number of methoxy groups -OCH3 is 1. The van der Waals surface area contributed by atoms with E-state index < -0.39 is 11.7 Å². The third kappa shape index (κ3) is 5.67. The number of hydrogen-bond donors (Lipinski definition) is 0. The van der Waals surface area contributed by atoms with Crippen LogP contribution in [0.1, 0.15) is 43.2 Å². The largest absolute Gasteiger partial charge is 0.493 e. The minimum atomic E-state index is -4.34. The van der Waals surface area contributed by atoms with E-state index in [0.29, 0.717) is 19.0 Å². The molecule has 0 N–H and O–H groups in total. The summed E-state index contributed by atoms with van der Waals surface area (Å²) in [6.07, 6.45) is 1.30. The van der Waals surface area contributed by atoms with E-state index in [-0.39, 0.29) is 17.4 Å². The van der Waals surface area contributed by atoms with E-state index in [1.165, 1.54) is 24.1 Å². The maximum absolute atomic E-state index is 12.8. The Morgan fingerprint density at radius 3 is 2.27 bits per heavy atom. The third-order valence-electron chi connectivity index (χ3n) is 7.29. The molecule has 0 unspecified atom stereocenters. The number of likely N-dealkylation sites (tertiary alicyclic amines) is 1. The standard InChI is InChI=1S/C26H31ClF3NO2/c1-32-17-24-19(16-33-23-11-7-21(8-12-23)26(28,29)30)4-2-15-31(24)18-25(13-3-14-25)20-5-9-22(27)10-6-20/h5-12,19,24H,2-4,13-18H2,1H3/t19-,24+/m0/s1. The van der Waals surface area contributed by atoms with Crippen molar-refractivity contribution < 1.29 is 22.6 Å². The number of ether oxygens (including phenoxy) is 2. The number of rotatable bonds is 8. The van der Waals surface area contributed by atoms with Crippen molar-refractivity contribution in [3.8, 4) is 5.75 Å². The first-order chi connectivity index (χ1) is 15.8. The predicted octanol–water partition coefficient (Wildman–Crippen LogP) is 6.59. The van der Waals surface area contributed by atoms with Gasteiger partial charge in [0.05, 0.1) is 18.8 Å². The first-order valence-electron chi connectivity index (χ1n) is 11.6. The Balaban J connectivity index is 1.43. The van der Waals surface area contributed by atoms with Crippen LogP contribution in [-0.4, -0.2) is 44.4 Å². The Morgan fingerprint density at radius 1 is 1.00 bits per heavy atom. The molecule has 2 fully saturated rings. The molecule has 1 aliphatic heterocycles. The number of nitrogens with zero attached hydrogens (tertiary/aromatic N) is 1. The van der Waals surface area contributed by atoms with E-state index in [1.807, 2.05) is 12.1 Å². The molecule has 2 atom stereocenters. The molecule has 1 saturated carbocycles. The molecular formula is C26H31ClF3NO2. The Labute approximate surface area is 198 Å². The van der Waals surface area contributed by atoms with Gasteiger partial charge in [-0.1, -0.05) is 30.2 Å². The Morgan fingerprint density at radius 2 is 1.70 bits per heavy atom. The molecule has 180 valence electrons. The zero-order valence-electron chi connectivity index (χ0n) is 18.9. The molecule has 0 bridgehead atoms. The normalized spacial score (nSPS) is 23.2. The Hall–Kier alpha value is -1.76. The van der Waals surface area contributed by atoms with E-state index in [4.69, 9.17) is 21.1 Å². The molecular weight excluding hydrogens is 451 g/mol. The molecule has 1 aliphatic carbocycles. The van der Waals surface area contributed by atoms with Crippen molar-refractivity contribution >= 4 is 11.6 Å². The van der Waals surface area contributed by atoms with Gasteiger partial charge in [-0.2, -0.15) is 13.2 Å². The molecule has 0 aromatic heterocycles. The van der Waals surface area contributed by atoms with E-state index in [1.54, 1.807) is 7.11 Å². The molecule has 2 aromatic rings. The smallest absolute Gasteiger partial charge is 0.416 e. The molecule has 0 spiro atoms. The van der Waals surface area contributed by atoms with Gasteiger partial charge in [0, 0.05) is 36.1 Å². The highest BCUT2D eigenvalue weighted by molar-refractivity contribution is 6.30. The lowest BCUT2D eigenvalue weighted by Gasteiger charge is -2.50. The fourth-order valence-electron chi connectivity index (χ4n) is 5.29. The van der Waals surface area contributed by atoms with E-state index >= 15 is 0 Å². The van der Waals surface area contributed by atoms with Gasteiger partial charge in [-0.15, -0.1) is 0 Å². The van der Waals surface area contributed by atoms with Gasteiger partial charge in [0.25, 0.3) is 0 Å². The zero-order valence-corrected chi connectivity index (χ0v) is 19.7. The number of benzene rings is 2. The van der Waals surface area contributed by atoms with Gasteiger partial charge in [0.1, 0.15) is 5.75 Å². The predicted molar refractivity (Wildman–Crippen MR) is 124 cm³/mol. The van der Waals surface area contributed by atoms with Crippen LogP contribution >= 0.6 is 11.6 Å². The summed E-state index contributed by atoms with van der Waals surface area (Å²) in [5, 5.41) is 0.754.